The normalized spacial score (nSPS) is 11.9. The Morgan fingerprint density at radius 2 is 1.80 bits per heavy atom. The number of hydrogen-bond donors (Lipinski definition) is 1. The summed E-state index contributed by atoms with van der Waals surface area (Å²) in [6, 6.07) is -0.438. The Labute approximate surface area is 90.4 Å². The lowest BCUT2D eigenvalue weighted by Crippen LogP contribution is -2.40. The van der Waals surface area contributed by atoms with E-state index in [0.29, 0.717) is 12.8 Å². The molecule has 1 N–H and O–H groups in total. The molecule has 1 unspecified atom stereocenters. The Hall–Kier alpha value is -1.19. The quantitative estimate of drug-likeness (QED) is 0.647. The zero-order chi connectivity index (χ0) is 11.8. The van der Waals surface area contributed by atoms with Gasteiger partial charge in [0.2, 0.25) is 5.91 Å². The minimum Gasteiger partial charge on any atom is -0.346 e. The van der Waals surface area contributed by atoms with Gasteiger partial charge in [0.25, 0.3) is 0 Å². The standard InChI is InChI=1S/C11H19NO3/c1-4-6-10(8(3)13)12-11(15)7-9(14)5-2/h10H,4-7H2,1-3H3,(H,12,15). The SMILES string of the molecule is CCCC(NC(=O)CC(=O)CC)C(C)=O. The summed E-state index contributed by atoms with van der Waals surface area (Å²) in [7, 11) is 0. The van der Waals surface area contributed by atoms with Gasteiger partial charge in [-0.1, -0.05) is 20.3 Å². The molecule has 1 atom stereocenters. The molecule has 15 heavy (non-hydrogen) atoms. The van der Waals surface area contributed by atoms with E-state index in [4.69, 9.17) is 0 Å². The lowest BCUT2D eigenvalue weighted by atomic mass is 10.1. The molecule has 0 radical (unpaired) electrons. The summed E-state index contributed by atoms with van der Waals surface area (Å²) in [5.74, 6) is -0.518. The van der Waals surface area contributed by atoms with E-state index >= 15 is 0 Å². The minimum atomic E-state index is -0.438. The fourth-order valence-corrected chi connectivity index (χ4v) is 1.22. The highest BCUT2D eigenvalue weighted by atomic mass is 16.2. The molecule has 0 aliphatic carbocycles. The van der Waals surface area contributed by atoms with Crippen molar-refractivity contribution in [2.24, 2.45) is 0 Å². The number of hydrogen-bond acceptors (Lipinski definition) is 3. The van der Waals surface area contributed by atoms with Gasteiger partial charge in [-0.2, -0.15) is 0 Å². The first-order valence-corrected chi connectivity index (χ1v) is 5.32. The molecule has 1 amide bonds. The maximum atomic E-state index is 11.3. The van der Waals surface area contributed by atoms with Crippen molar-refractivity contribution >= 4 is 17.5 Å². The third kappa shape index (κ3) is 5.99. The van der Waals surface area contributed by atoms with Crippen molar-refractivity contribution in [2.45, 2.75) is 52.5 Å². The molecule has 0 aromatic carbocycles. The molecule has 0 saturated carbocycles. The third-order valence-electron chi connectivity index (χ3n) is 2.16. The molecule has 0 bridgehead atoms. The van der Waals surface area contributed by atoms with Crippen molar-refractivity contribution in [1.29, 1.82) is 0 Å². The van der Waals surface area contributed by atoms with E-state index in [9.17, 15) is 14.4 Å². The molecule has 0 spiro atoms. The van der Waals surface area contributed by atoms with Gasteiger partial charge in [-0.3, -0.25) is 14.4 Å². The summed E-state index contributed by atoms with van der Waals surface area (Å²) in [6.45, 7) is 5.10. The van der Waals surface area contributed by atoms with Gasteiger partial charge >= 0.3 is 0 Å². The van der Waals surface area contributed by atoms with Gasteiger partial charge in [-0.05, 0) is 13.3 Å². The summed E-state index contributed by atoms with van der Waals surface area (Å²) in [5.41, 5.74) is 0. The maximum Gasteiger partial charge on any atom is 0.228 e. The molecule has 4 heteroatoms. The highest BCUT2D eigenvalue weighted by Crippen LogP contribution is 1.99. The van der Waals surface area contributed by atoms with Crippen LogP contribution < -0.4 is 5.32 Å². The van der Waals surface area contributed by atoms with Gasteiger partial charge in [0.05, 0.1) is 12.5 Å². The van der Waals surface area contributed by atoms with E-state index in [-0.39, 0.29) is 23.9 Å². The Kier molecular flexibility index (Phi) is 6.58. The number of carbonyl (C=O) groups excluding carboxylic acids is 3. The second-order valence-electron chi connectivity index (χ2n) is 3.59. The third-order valence-corrected chi connectivity index (χ3v) is 2.16. The fourth-order valence-electron chi connectivity index (χ4n) is 1.22. The number of ketones is 2. The lowest BCUT2D eigenvalue weighted by molar-refractivity contribution is -0.131. The monoisotopic (exact) mass is 213 g/mol. The summed E-state index contributed by atoms with van der Waals surface area (Å²) in [5, 5.41) is 2.57. The molecule has 0 aliphatic heterocycles. The van der Waals surface area contributed by atoms with E-state index in [1.807, 2.05) is 6.92 Å². The number of carbonyl (C=O) groups is 3. The Morgan fingerprint density at radius 1 is 1.20 bits per heavy atom. The first-order chi connectivity index (χ1) is 7.01. The fraction of sp³-hybridized carbons (Fsp3) is 0.727. The van der Waals surface area contributed by atoms with Crippen LogP contribution in [-0.2, 0) is 14.4 Å². The average Bonchev–Trinajstić information content (AvgIpc) is 2.16. The smallest absolute Gasteiger partial charge is 0.228 e. The van der Waals surface area contributed by atoms with E-state index in [1.165, 1.54) is 6.92 Å². The number of amides is 1. The molecule has 0 rings (SSSR count). The van der Waals surface area contributed by atoms with Gasteiger partial charge in [-0.25, -0.2) is 0 Å². The Balaban J connectivity index is 4.11. The molecule has 0 fully saturated rings. The van der Waals surface area contributed by atoms with Gasteiger partial charge in [-0.15, -0.1) is 0 Å². The van der Waals surface area contributed by atoms with Crippen molar-refractivity contribution in [3.63, 3.8) is 0 Å². The Morgan fingerprint density at radius 3 is 2.20 bits per heavy atom. The number of rotatable bonds is 7. The van der Waals surface area contributed by atoms with Crippen LogP contribution >= 0.6 is 0 Å². The van der Waals surface area contributed by atoms with Crippen molar-refractivity contribution < 1.29 is 14.4 Å². The first kappa shape index (κ1) is 13.8. The molecule has 0 aromatic heterocycles. The van der Waals surface area contributed by atoms with E-state index < -0.39 is 6.04 Å². The maximum absolute atomic E-state index is 11.3. The predicted molar refractivity (Wildman–Crippen MR) is 57.4 cm³/mol. The predicted octanol–water partition coefficient (Wildman–Crippen LogP) is 1.23. The molecule has 0 aromatic rings. The van der Waals surface area contributed by atoms with Crippen LogP contribution in [0.5, 0.6) is 0 Å². The largest absolute Gasteiger partial charge is 0.346 e. The van der Waals surface area contributed by atoms with Crippen molar-refractivity contribution in [3.8, 4) is 0 Å². The first-order valence-electron chi connectivity index (χ1n) is 5.32. The second-order valence-corrected chi connectivity index (χ2v) is 3.59. The zero-order valence-corrected chi connectivity index (χ0v) is 9.63. The molecule has 86 valence electrons. The molecule has 4 nitrogen and oxygen atoms in total. The van der Waals surface area contributed by atoms with Crippen LogP contribution in [0.2, 0.25) is 0 Å². The van der Waals surface area contributed by atoms with Gasteiger partial charge in [0, 0.05) is 6.42 Å². The van der Waals surface area contributed by atoms with Crippen LogP contribution in [0.15, 0.2) is 0 Å². The van der Waals surface area contributed by atoms with Crippen molar-refractivity contribution in [1.82, 2.24) is 5.32 Å². The summed E-state index contributed by atoms with van der Waals surface area (Å²) < 4.78 is 0. The average molecular weight is 213 g/mol. The topological polar surface area (TPSA) is 63.2 Å². The summed E-state index contributed by atoms with van der Waals surface area (Å²) in [6.07, 6.45) is 1.68. The lowest BCUT2D eigenvalue weighted by Gasteiger charge is -2.14. The molecule has 0 heterocycles. The van der Waals surface area contributed by atoms with E-state index in [2.05, 4.69) is 5.32 Å². The van der Waals surface area contributed by atoms with Crippen LogP contribution in [0.25, 0.3) is 0 Å². The second kappa shape index (κ2) is 7.15. The van der Waals surface area contributed by atoms with Crippen molar-refractivity contribution in [2.75, 3.05) is 0 Å². The van der Waals surface area contributed by atoms with E-state index in [1.54, 1.807) is 6.92 Å². The highest BCUT2D eigenvalue weighted by Gasteiger charge is 2.16. The van der Waals surface area contributed by atoms with Crippen molar-refractivity contribution in [3.05, 3.63) is 0 Å². The minimum absolute atomic E-state index is 0.0610. The highest BCUT2D eigenvalue weighted by molar-refractivity contribution is 5.99. The van der Waals surface area contributed by atoms with E-state index in [0.717, 1.165) is 6.42 Å². The van der Waals surface area contributed by atoms with Crippen LogP contribution in [0.1, 0.15) is 46.5 Å². The number of nitrogens with one attached hydrogen (secondary N) is 1. The Bertz CT molecular complexity index is 248. The van der Waals surface area contributed by atoms with Crippen LogP contribution in [0, 0.1) is 0 Å². The summed E-state index contributed by atoms with van der Waals surface area (Å²) in [4.78, 5) is 33.4. The zero-order valence-electron chi connectivity index (χ0n) is 9.63. The molecular formula is C11H19NO3. The van der Waals surface area contributed by atoms with Gasteiger partial charge in [0.15, 0.2) is 5.78 Å². The summed E-state index contributed by atoms with van der Waals surface area (Å²) >= 11 is 0. The van der Waals surface area contributed by atoms with Gasteiger partial charge < -0.3 is 5.32 Å². The van der Waals surface area contributed by atoms with Crippen LogP contribution in [0.3, 0.4) is 0 Å². The van der Waals surface area contributed by atoms with Gasteiger partial charge in [0.1, 0.15) is 5.78 Å². The number of Topliss-reactive ketones (excluding diaryl/α,β-unsaturated/α-hetero) is 2. The van der Waals surface area contributed by atoms with Crippen LogP contribution in [0.4, 0.5) is 0 Å². The van der Waals surface area contributed by atoms with Crippen LogP contribution in [-0.4, -0.2) is 23.5 Å². The molecule has 0 saturated heterocycles. The molecular weight excluding hydrogens is 194 g/mol. The molecule has 0 aliphatic rings.